The number of para-hydroxylation sites is 1. The zero-order valence-electron chi connectivity index (χ0n) is 37.5. The van der Waals surface area contributed by atoms with Crippen molar-refractivity contribution in [2.45, 2.75) is 36.1 Å². The van der Waals surface area contributed by atoms with Gasteiger partial charge in [0.05, 0.1) is 52.0 Å². The van der Waals surface area contributed by atoms with Crippen molar-refractivity contribution in [3.05, 3.63) is 155 Å². The van der Waals surface area contributed by atoms with Crippen molar-refractivity contribution in [1.82, 2.24) is 4.90 Å². The van der Waals surface area contributed by atoms with E-state index in [4.69, 9.17) is 23.7 Å². The molecule has 4 heterocycles. The van der Waals surface area contributed by atoms with Gasteiger partial charge in [0.25, 0.3) is 0 Å². The maximum absolute atomic E-state index is 15.7. The van der Waals surface area contributed by atoms with Crippen LogP contribution in [0.3, 0.4) is 0 Å². The fraction of sp³-hybridized carbons (Fsp3) is 0.302. The molecule has 6 atom stereocenters. The van der Waals surface area contributed by atoms with Crippen LogP contribution >= 0.6 is 0 Å². The summed E-state index contributed by atoms with van der Waals surface area (Å²) in [6, 6.07) is 35.3. The van der Waals surface area contributed by atoms with Gasteiger partial charge in [-0.15, -0.1) is 0 Å². The molecule has 0 aliphatic carbocycles. The van der Waals surface area contributed by atoms with E-state index < -0.39 is 71.2 Å². The maximum atomic E-state index is 15.7. The Bertz CT molecular complexity index is 2740. The zero-order valence-corrected chi connectivity index (χ0v) is 37.5. The summed E-state index contributed by atoms with van der Waals surface area (Å²) in [6.45, 7) is 2.23. The van der Waals surface area contributed by atoms with Crippen LogP contribution in [0, 0.1) is 23.7 Å². The third kappa shape index (κ3) is 8.31. The van der Waals surface area contributed by atoms with Crippen molar-refractivity contribution >= 4 is 46.8 Å². The number of nitrogens with one attached hydrogen (secondary N) is 2. The monoisotopic (exact) mass is 918 g/mol. The van der Waals surface area contributed by atoms with E-state index in [1.54, 1.807) is 48.5 Å². The minimum Gasteiger partial charge on any atom is -0.491 e. The quantitative estimate of drug-likeness (QED) is 0.0618. The summed E-state index contributed by atoms with van der Waals surface area (Å²) >= 11 is 0. The lowest BCUT2D eigenvalue weighted by Gasteiger charge is -2.46. The van der Waals surface area contributed by atoms with Gasteiger partial charge in [-0.2, -0.15) is 0 Å². The lowest BCUT2D eigenvalue weighted by Crippen LogP contribution is -2.53. The van der Waals surface area contributed by atoms with Crippen molar-refractivity contribution in [2.24, 2.45) is 11.8 Å². The van der Waals surface area contributed by atoms with Gasteiger partial charge in [0.1, 0.15) is 29.9 Å². The molecule has 0 unspecified atom stereocenters. The number of esters is 3. The molecule has 68 heavy (non-hydrogen) atoms. The average Bonchev–Trinajstić information content (AvgIpc) is 3.86. The van der Waals surface area contributed by atoms with E-state index in [0.717, 1.165) is 11.3 Å². The highest BCUT2D eigenvalue weighted by molar-refractivity contribution is 6.13. The number of nitrogens with zero attached hydrogens (tertiary/aromatic N) is 2. The van der Waals surface area contributed by atoms with Crippen LogP contribution < -0.4 is 20.3 Å². The van der Waals surface area contributed by atoms with E-state index in [2.05, 4.69) is 27.4 Å². The fourth-order valence-corrected chi connectivity index (χ4v) is 10.2. The number of fused-ring (bicyclic) bond motifs is 3. The predicted octanol–water partition coefficient (Wildman–Crippen LogP) is 5.51. The molecule has 15 nitrogen and oxygen atoms in total. The summed E-state index contributed by atoms with van der Waals surface area (Å²) in [7, 11) is 2.34. The topological polar surface area (TPSA) is 182 Å². The Labute approximate surface area is 393 Å². The van der Waals surface area contributed by atoms with E-state index in [0.29, 0.717) is 65.7 Å². The Hall–Kier alpha value is -7.51. The average molecular weight is 919 g/mol. The molecule has 0 radical (unpaired) electrons. The third-order valence-corrected chi connectivity index (χ3v) is 13.2. The number of carbonyl (C=O) groups is 5. The number of benzene rings is 5. The van der Waals surface area contributed by atoms with Gasteiger partial charge in [0.2, 0.25) is 11.8 Å². The molecule has 2 amide bonds. The molecular weight excluding hydrogens is 869 g/mol. The Morgan fingerprint density at radius 1 is 0.838 bits per heavy atom. The molecule has 0 bridgehead atoms. The van der Waals surface area contributed by atoms with E-state index in [1.807, 2.05) is 83.8 Å². The highest BCUT2D eigenvalue weighted by Crippen LogP contribution is 2.65. The maximum Gasteiger partial charge on any atom is 0.324 e. The molecule has 3 N–H and O–H groups in total. The number of anilines is 3. The Morgan fingerprint density at radius 2 is 1.50 bits per heavy atom. The number of ether oxygens (including phenoxy) is 5. The van der Waals surface area contributed by atoms with Gasteiger partial charge in [0, 0.05) is 47.7 Å². The minimum absolute atomic E-state index is 0.0814. The van der Waals surface area contributed by atoms with Crippen molar-refractivity contribution in [3.8, 4) is 17.6 Å². The molecule has 5 aromatic carbocycles. The summed E-state index contributed by atoms with van der Waals surface area (Å²) in [6.07, 6.45) is -1.13. The zero-order chi connectivity index (χ0) is 47.4. The normalized spacial score (nSPS) is 22.8. The first-order valence-electron chi connectivity index (χ1n) is 22.4. The smallest absolute Gasteiger partial charge is 0.324 e. The Kier molecular flexibility index (Phi) is 13.3. The van der Waals surface area contributed by atoms with Crippen LogP contribution in [0.2, 0.25) is 0 Å². The molecule has 3 fully saturated rings. The minimum atomic E-state index is -1.90. The summed E-state index contributed by atoms with van der Waals surface area (Å²) in [5, 5.41) is 16.2. The highest BCUT2D eigenvalue weighted by atomic mass is 16.6. The van der Waals surface area contributed by atoms with Gasteiger partial charge in [-0.25, -0.2) is 0 Å². The first-order valence-corrected chi connectivity index (χ1v) is 22.4. The molecule has 3 saturated heterocycles. The molecule has 0 saturated carbocycles. The molecule has 0 aromatic heterocycles. The van der Waals surface area contributed by atoms with Gasteiger partial charge >= 0.3 is 17.9 Å². The van der Waals surface area contributed by atoms with Crippen LogP contribution in [0.4, 0.5) is 17.1 Å². The number of hydrogen-bond donors (Lipinski definition) is 3. The molecular formula is C53H50N4O11. The summed E-state index contributed by atoms with van der Waals surface area (Å²) in [5.74, 6) is 0.0553. The number of aliphatic hydroxyl groups is 1. The molecule has 5 aromatic rings. The summed E-state index contributed by atoms with van der Waals surface area (Å²) in [4.78, 5) is 76.0. The van der Waals surface area contributed by atoms with E-state index in [-0.39, 0.29) is 19.6 Å². The SMILES string of the molecule is COC(=O)C(CC#Cc1ccc2c(c1)[C@]1(C(=O)N2)[C@H](C(=O)Nc2ccc(N3CCOCC3)cc2)[C@H]2C(=O)O[C@H](c3ccccc3)[C@H](c3ccccc3)N2[C@@H]1c1ccccc1OCCO)C(=O)OC. The molecule has 4 aliphatic heterocycles. The second-order valence-corrected chi connectivity index (χ2v) is 16.8. The predicted molar refractivity (Wildman–Crippen MR) is 249 cm³/mol. The van der Waals surface area contributed by atoms with Gasteiger partial charge in [0.15, 0.2) is 5.92 Å². The summed E-state index contributed by atoms with van der Waals surface area (Å²) in [5.41, 5.74) is 2.60. The summed E-state index contributed by atoms with van der Waals surface area (Å²) < 4.78 is 28.0. The van der Waals surface area contributed by atoms with E-state index >= 15 is 14.4 Å². The van der Waals surface area contributed by atoms with Crippen LogP contribution in [0.15, 0.2) is 127 Å². The lowest BCUT2D eigenvalue weighted by molar-refractivity contribution is -0.178. The fourth-order valence-electron chi connectivity index (χ4n) is 10.2. The van der Waals surface area contributed by atoms with E-state index in [1.165, 1.54) is 14.2 Å². The molecule has 348 valence electrons. The van der Waals surface area contributed by atoms with Crippen molar-refractivity contribution < 1.29 is 52.8 Å². The second kappa shape index (κ2) is 19.8. The van der Waals surface area contributed by atoms with Crippen LogP contribution in [-0.4, -0.2) is 99.5 Å². The second-order valence-electron chi connectivity index (χ2n) is 16.8. The number of aliphatic hydroxyl groups excluding tert-OH is 1. The third-order valence-electron chi connectivity index (χ3n) is 13.2. The number of morpholine rings is 2. The van der Waals surface area contributed by atoms with Gasteiger partial charge < -0.3 is 44.3 Å². The van der Waals surface area contributed by atoms with Crippen LogP contribution in [0.1, 0.15) is 52.4 Å². The van der Waals surface area contributed by atoms with Crippen LogP contribution in [-0.2, 0) is 48.3 Å². The first-order chi connectivity index (χ1) is 33.2. The van der Waals surface area contributed by atoms with Gasteiger partial charge in [-0.3, -0.25) is 28.9 Å². The van der Waals surface area contributed by atoms with Crippen molar-refractivity contribution in [2.75, 3.05) is 69.3 Å². The molecule has 15 heteroatoms. The largest absolute Gasteiger partial charge is 0.491 e. The van der Waals surface area contributed by atoms with E-state index in [9.17, 15) is 14.7 Å². The Morgan fingerprint density at radius 3 is 2.18 bits per heavy atom. The first kappa shape index (κ1) is 45.6. The number of rotatable bonds is 12. The molecule has 1 spiro atoms. The molecule has 4 aliphatic rings. The number of amides is 2. The number of carbonyl (C=O) groups excluding carboxylic acids is 5. The molecule has 9 rings (SSSR count). The standard InChI is InChI=1S/C53H50N4O11/c1-64-49(60)39(50(61)65-2)18-11-12-33-20-25-41-40(32-33)53(52(63)55-41)43(48(59)54-36-21-23-37(24-22-36)56-26-29-66-30-27-56)45-51(62)68-46(35-15-7-4-8-16-35)44(34-13-5-3-6-14-34)57(45)47(53)38-17-9-10-19-42(38)67-31-28-58/h3-10,13-17,19-25,32,39,43-47,58H,18,26-31H2,1-2H3,(H,54,59)(H,55,63)/t43-,44-,45-,46+,47+,53-/m0/s1. The number of methoxy groups -OCH3 is 2. The van der Waals surface area contributed by atoms with Gasteiger partial charge in [-0.05, 0) is 65.2 Å². The van der Waals surface area contributed by atoms with Crippen LogP contribution in [0.5, 0.6) is 5.75 Å². The Balaban J connectivity index is 1.27. The number of hydrogen-bond acceptors (Lipinski definition) is 13. The lowest BCUT2D eigenvalue weighted by atomic mass is 9.65. The number of cyclic esters (lactones) is 1. The van der Waals surface area contributed by atoms with Crippen LogP contribution in [0.25, 0.3) is 0 Å². The highest BCUT2D eigenvalue weighted by Gasteiger charge is 2.74. The van der Waals surface area contributed by atoms with Crippen molar-refractivity contribution in [3.63, 3.8) is 0 Å². The van der Waals surface area contributed by atoms with Gasteiger partial charge in [-0.1, -0.05) is 90.7 Å². The van der Waals surface area contributed by atoms with Crippen molar-refractivity contribution in [1.29, 1.82) is 0 Å².